The first-order chi connectivity index (χ1) is 31.0. The molecule has 4 unspecified atom stereocenters. The second kappa shape index (κ2) is 41.9. The van der Waals surface area contributed by atoms with Gasteiger partial charge in [0, 0.05) is 75.3 Å². The molecular formula is C39H79N4O19P3S3. The summed E-state index contributed by atoms with van der Waals surface area (Å²) >= 11 is 1.42. The topological polar surface area (TPSA) is 352 Å². The standard InChI is InChI=1S/C28H47N4O18P3S3.C4H10O.C3H8.C2H6.2CH4/c1-2-3-10-29-24(36)8-4-5-12-54-17-21(34)22(35)18-56-55-13-9-25(37)30-11-6-7-19-15-32(28(39)31-27(19)38)26-14-20(33)23(48-26)16-47-52(43,44)50-53(45,46)49-51(40,41)42;1-3-4-5-2;1-3-2;1-2;;/h4-7,15,20-23,26,33-35H,2-3,8-14,16-18H2,1H3,(H,29,36)(H,30,37)(H,43,44)(H,45,46)(H,31,38,39)(H2,40,41,42);3-4H2,1-2H3;3H2,1-2H3;1-2H3;2*1H4/b5-4?,7-6+;;;;;/t20-,21?,22?,23-,26-;;;;;/m1...../s1. The van der Waals surface area contributed by atoms with Crippen molar-refractivity contribution < 1.29 is 80.8 Å². The molecule has 0 aromatic carbocycles. The van der Waals surface area contributed by atoms with Crippen molar-refractivity contribution in [2.24, 2.45) is 0 Å². The number of H-pyrrole nitrogens is 1. The smallest absolute Gasteiger partial charge is 0.390 e. The lowest BCUT2D eigenvalue weighted by Crippen LogP contribution is -2.33. The average Bonchev–Trinajstić information content (AvgIpc) is 3.60. The van der Waals surface area contributed by atoms with E-state index in [2.05, 4.69) is 49.5 Å². The molecule has 0 radical (unpaired) electrons. The van der Waals surface area contributed by atoms with Crippen molar-refractivity contribution in [3.8, 4) is 0 Å². The second-order valence-corrected chi connectivity index (χ2v) is 21.5. The number of nitrogens with one attached hydrogen (secondary N) is 3. The number of aromatic amines is 1. The quantitative estimate of drug-likeness (QED) is 0.0205. The van der Waals surface area contributed by atoms with E-state index in [4.69, 9.17) is 19.3 Å². The fourth-order valence-corrected chi connectivity index (χ4v) is 10.6. The summed E-state index contributed by atoms with van der Waals surface area (Å²) in [4.78, 5) is 86.9. The predicted octanol–water partition coefficient (Wildman–Crippen LogP) is 5.50. The summed E-state index contributed by atoms with van der Waals surface area (Å²) in [5, 5.41) is 36.2. The number of phosphoric acid groups is 3. The Balaban J connectivity index is -0.00000156. The monoisotopic (exact) mass is 1100 g/mol. The van der Waals surface area contributed by atoms with Gasteiger partial charge in [0.2, 0.25) is 11.8 Å². The van der Waals surface area contributed by atoms with E-state index < -0.39 is 72.0 Å². The van der Waals surface area contributed by atoms with Gasteiger partial charge in [-0.15, -0.1) is 0 Å². The number of nitrogens with zero attached hydrogens (tertiary/aromatic N) is 1. The minimum atomic E-state index is -5.77. The summed E-state index contributed by atoms with van der Waals surface area (Å²) < 4.78 is 57.0. The van der Waals surface area contributed by atoms with Crippen molar-refractivity contribution in [3.63, 3.8) is 0 Å². The molecule has 1 aliphatic rings. The minimum Gasteiger partial charge on any atom is -0.390 e. The highest BCUT2D eigenvalue weighted by atomic mass is 33.1. The van der Waals surface area contributed by atoms with E-state index in [9.17, 15) is 58.0 Å². The van der Waals surface area contributed by atoms with Crippen LogP contribution in [0.2, 0.25) is 0 Å². The van der Waals surface area contributed by atoms with Crippen LogP contribution < -0.4 is 21.9 Å². The molecule has 0 saturated carbocycles. The molecule has 1 aromatic heterocycles. The summed E-state index contributed by atoms with van der Waals surface area (Å²) in [5.74, 6) is 1.21. The summed E-state index contributed by atoms with van der Waals surface area (Å²) in [6.07, 6.45) is 5.93. The number of methoxy groups -OCH3 is 1. The van der Waals surface area contributed by atoms with E-state index in [1.54, 1.807) is 13.2 Å². The van der Waals surface area contributed by atoms with Gasteiger partial charge < -0.3 is 55.0 Å². The number of aliphatic hydroxyl groups is 3. The Bertz CT molecular complexity index is 1820. The Hall–Kier alpha value is -1.64. The van der Waals surface area contributed by atoms with Crippen LogP contribution in [0.15, 0.2) is 34.0 Å². The van der Waals surface area contributed by atoms with Crippen LogP contribution in [0, 0.1) is 0 Å². The van der Waals surface area contributed by atoms with Crippen molar-refractivity contribution in [2.45, 2.75) is 132 Å². The van der Waals surface area contributed by atoms with E-state index in [-0.39, 0.29) is 57.4 Å². The van der Waals surface area contributed by atoms with E-state index >= 15 is 0 Å². The summed E-state index contributed by atoms with van der Waals surface area (Å²) in [7, 11) is -12.5. The number of aliphatic hydroxyl groups excluding tert-OH is 3. The number of rotatable bonds is 29. The first-order valence-corrected chi connectivity index (χ1v) is 29.2. The van der Waals surface area contributed by atoms with Crippen molar-refractivity contribution in [1.82, 2.24) is 20.2 Å². The number of phosphoric ester groups is 1. The first-order valence-electron chi connectivity index (χ1n) is 21.0. The molecular weight excluding hydrogens is 1020 g/mol. The number of hydrogen-bond acceptors (Lipinski definition) is 18. The fourth-order valence-electron chi connectivity index (χ4n) is 4.52. The summed E-state index contributed by atoms with van der Waals surface area (Å²) in [5.41, 5.74) is -1.77. The molecule has 0 aliphatic carbocycles. The van der Waals surface area contributed by atoms with E-state index in [0.717, 1.165) is 36.6 Å². The third kappa shape index (κ3) is 37.2. The molecule has 1 saturated heterocycles. The number of thioether (sulfide) groups is 1. The Labute approximate surface area is 413 Å². The third-order valence-electron chi connectivity index (χ3n) is 7.45. The van der Waals surface area contributed by atoms with Crippen LogP contribution in [0.1, 0.15) is 113 Å². The highest BCUT2D eigenvalue weighted by Crippen LogP contribution is 2.66. The zero-order chi connectivity index (χ0) is 50.8. The number of carbonyl (C=O) groups excluding carboxylic acids is 2. The van der Waals surface area contributed by atoms with Crippen LogP contribution in [-0.4, -0.2) is 137 Å². The number of unbranched alkanes of at least 4 members (excludes halogenated alkanes) is 1. The van der Waals surface area contributed by atoms with Crippen LogP contribution in [-0.2, 0) is 45.9 Å². The van der Waals surface area contributed by atoms with Crippen molar-refractivity contribution >= 4 is 74.7 Å². The normalized spacial score (nSPS) is 18.1. The Morgan fingerprint density at radius 3 is 2.13 bits per heavy atom. The summed E-state index contributed by atoms with van der Waals surface area (Å²) in [6, 6.07) is 0. The fraction of sp³-hybridized carbons (Fsp3) is 0.744. The number of carbonyl (C=O) groups is 2. The molecule has 2 amide bonds. The van der Waals surface area contributed by atoms with E-state index in [1.165, 1.54) is 51.9 Å². The van der Waals surface area contributed by atoms with Gasteiger partial charge in [-0.1, -0.05) is 115 Å². The van der Waals surface area contributed by atoms with Gasteiger partial charge in [-0.25, -0.2) is 18.5 Å². The Kier molecular flexibility index (Phi) is 44.9. The lowest BCUT2D eigenvalue weighted by atomic mass is 10.2. The third-order valence-corrected chi connectivity index (χ3v) is 14.7. The maximum absolute atomic E-state index is 12.5. The van der Waals surface area contributed by atoms with Gasteiger partial charge in [-0.3, -0.25) is 28.5 Å². The molecule has 0 bridgehead atoms. The summed E-state index contributed by atoms with van der Waals surface area (Å²) in [6.45, 7) is 13.0. The van der Waals surface area contributed by atoms with Crippen LogP contribution in [0.5, 0.6) is 0 Å². The van der Waals surface area contributed by atoms with Gasteiger partial charge in [-0.05, 0) is 12.8 Å². The van der Waals surface area contributed by atoms with Crippen molar-refractivity contribution in [1.29, 1.82) is 0 Å². The maximum Gasteiger partial charge on any atom is 0.490 e. The second-order valence-electron chi connectivity index (χ2n) is 13.4. The van der Waals surface area contributed by atoms with Crippen LogP contribution in [0.4, 0.5) is 0 Å². The van der Waals surface area contributed by atoms with Gasteiger partial charge in [0.25, 0.3) is 5.56 Å². The van der Waals surface area contributed by atoms with Crippen LogP contribution >= 0.6 is 56.8 Å². The molecule has 2 rings (SSSR count). The van der Waals surface area contributed by atoms with Crippen molar-refractivity contribution in [3.05, 3.63) is 50.8 Å². The molecule has 1 fully saturated rings. The zero-order valence-corrected chi connectivity index (χ0v) is 43.6. The molecule has 2 heterocycles. The first kappa shape index (κ1) is 72.9. The number of amides is 2. The highest BCUT2D eigenvalue weighted by molar-refractivity contribution is 8.76. The van der Waals surface area contributed by atoms with Gasteiger partial charge >= 0.3 is 29.2 Å². The Morgan fingerprint density at radius 2 is 1.56 bits per heavy atom. The average molecular weight is 1100 g/mol. The number of aromatic nitrogens is 2. The molecule has 402 valence electrons. The predicted molar refractivity (Wildman–Crippen MR) is 271 cm³/mol. The number of ether oxygens (including phenoxy) is 2. The van der Waals surface area contributed by atoms with Crippen LogP contribution in [0.25, 0.3) is 6.08 Å². The molecule has 23 nitrogen and oxygen atoms in total. The number of hydrogen-bond donors (Lipinski definition) is 10. The lowest BCUT2D eigenvalue weighted by molar-refractivity contribution is -0.121. The molecule has 7 atom stereocenters. The van der Waals surface area contributed by atoms with Gasteiger partial charge in [0.15, 0.2) is 0 Å². The van der Waals surface area contributed by atoms with Gasteiger partial charge in [0.05, 0.1) is 30.5 Å². The lowest BCUT2D eigenvalue weighted by Gasteiger charge is -2.19. The minimum absolute atomic E-state index is 0. The van der Waals surface area contributed by atoms with E-state index in [0.29, 0.717) is 30.2 Å². The zero-order valence-electron chi connectivity index (χ0n) is 38.4. The molecule has 10 N–H and O–H groups in total. The molecule has 1 aromatic rings. The largest absolute Gasteiger partial charge is 0.490 e. The van der Waals surface area contributed by atoms with Gasteiger partial charge in [-0.2, -0.15) is 20.4 Å². The van der Waals surface area contributed by atoms with E-state index in [1.807, 2.05) is 26.8 Å². The Morgan fingerprint density at radius 1 is 0.926 bits per heavy atom. The maximum atomic E-state index is 12.5. The van der Waals surface area contributed by atoms with Crippen molar-refractivity contribution in [2.75, 3.05) is 56.4 Å². The molecule has 1 aliphatic heterocycles. The highest BCUT2D eigenvalue weighted by Gasteiger charge is 2.43. The van der Waals surface area contributed by atoms with Crippen LogP contribution in [0.3, 0.4) is 0 Å². The SMILES string of the molecule is C.C.CC.CCC.CCCCNC(=O)CC=CCSCC(O)C(O)CSSCCC(=O)NC/C=C/c1cn([C@H]2C[C@@H](O)[C@@H](COP(=O)(O)OP(=O)(O)OP(=O)(O)O)O2)c(=O)[nH]c1=O.CCCOC. The van der Waals surface area contributed by atoms with Gasteiger partial charge in [0.1, 0.15) is 12.3 Å². The molecule has 29 heteroatoms. The molecule has 0 spiro atoms. The molecule has 68 heavy (non-hydrogen) atoms.